The normalized spacial score (nSPS) is 12.8. The lowest BCUT2D eigenvalue weighted by atomic mass is 9.89. The molecule has 2 heterocycles. The molecule has 0 fully saturated rings. The van der Waals surface area contributed by atoms with Gasteiger partial charge in [-0.2, -0.15) is 5.26 Å². The largest absolute Gasteiger partial charge is 0.320 e. The minimum absolute atomic E-state index is 0.113. The molecule has 8 heteroatoms. The van der Waals surface area contributed by atoms with Crippen LogP contribution in [0.4, 0.5) is 14.5 Å². The summed E-state index contributed by atoms with van der Waals surface area (Å²) in [7, 11) is 0. The number of aromatic nitrogens is 1. The molecule has 0 spiro atoms. The third-order valence-electron chi connectivity index (χ3n) is 4.89. The van der Waals surface area contributed by atoms with Crippen LogP contribution in [-0.4, -0.2) is 16.6 Å². The smallest absolute Gasteiger partial charge is 0.234 e. The molecule has 1 aromatic carbocycles. The summed E-state index contributed by atoms with van der Waals surface area (Å²) < 4.78 is 27.6. The van der Waals surface area contributed by atoms with Crippen molar-refractivity contribution in [3.05, 3.63) is 64.2 Å². The van der Waals surface area contributed by atoms with Gasteiger partial charge in [0.2, 0.25) is 5.91 Å². The third-order valence-corrected chi connectivity index (χ3v) is 6.75. The zero-order chi connectivity index (χ0) is 21.1. The van der Waals surface area contributed by atoms with Crippen LogP contribution in [0, 0.1) is 23.0 Å². The molecule has 1 aliphatic rings. The van der Waals surface area contributed by atoms with Crippen LogP contribution in [0.25, 0.3) is 10.4 Å². The SMILES string of the molecule is N#Cc1c(SCC(=O)Nc2c(F)cccc2F)nc2c(c1-c1cccs1)CCCC2. The number of para-hydroxylation sites is 1. The van der Waals surface area contributed by atoms with Gasteiger partial charge in [-0.15, -0.1) is 11.3 Å². The summed E-state index contributed by atoms with van der Waals surface area (Å²) in [6.07, 6.45) is 3.80. The van der Waals surface area contributed by atoms with Crippen molar-refractivity contribution in [3.63, 3.8) is 0 Å². The van der Waals surface area contributed by atoms with Crippen LogP contribution >= 0.6 is 23.1 Å². The second-order valence-electron chi connectivity index (χ2n) is 6.82. The fraction of sp³-hybridized carbons (Fsp3) is 0.227. The standard InChI is InChI=1S/C22H17F2N3OS2/c23-15-6-3-7-16(24)21(15)27-19(28)12-30-22-14(11-25)20(18-9-4-10-29-18)13-5-1-2-8-17(13)26-22/h3-4,6-7,9-10H,1-2,5,8,12H2,(H,27,28). The second-order valence-corrected chi connectivity index (χ2v) is 8.73. The molecule has 0 radical (unpaired) electrons. The molecule has 1 N–H and O–H groups in total. The highest BCUT2D eigenvalue weighted by Gasteiger charge is 2.24. The number of nitrogens with zero attached hydrogens (tertiary/aromatic N) is 2. The van der Waals surface area contributed by atoms with Gasteiger partial charge in [-0.05, 0) is 54.8 Å². The van der Waals surface area contributed by atoms with Crippen LogP contribution in [0.15, 0.2) is 40.7 Å². The van der Waals surface area contributed by atoms with Crippen molar-refractivity contribution in [1.82, 2.24) is 4.98 Å². The number of amides is 1. The van der Waals surface area contributed by atoms with Gasteiger partial charge >= 0.3 is 0 Å². The number of fused-ring (bicyclic) bond motifs is 1. The van der Waals surface area contributed by atoms with Crippen molar-refractivity contribution in [3.8, 4) is 16.5 Å². The number of aryl methyl sites for hydroxylation is 1. The molecule has 2 aromatic heterocycles. The Kier molecular flexibility index (Phi) is 6.11. The Morgan fingerprint density at radius 3 is 2.67 bits per heavy atom. The van der Waals surface area contributed by atoms with Gasteiger partial charge < -0.3 is 5.32 Å². The van der Waals surface area contributed by atoms with E-state index in [1.54, 1.807) is 11.3 Å². The number of nitrogens with one attached hydrogen (secondary N) is 1. The third kappa shape index (κ3) is 4.09. The summed E-state index contributed by atoms with van der Waals surface area (Å²) in [6, 6.07) is 9.59. The monoisotopic (exact) mass is 441 g/mol. The highest BCUT2D eigenvalue weighted by molar-refractivity contribution is 8.00. The Bertz CT molecular complexity index is 1120. The fourth-order valence-corrected chi connectivity index (χ4v) is 5.16. The number of thioether (sulfide) groups is 1. The van der Waals surface area contributed by atoms with Crippen LogP contribution in [0.5, 0.6) is 0 Å². The fourth-order valence-electron chi connectivity index (χ4n) is 3.55. The number of carbonyl (C=O) groups excluding carboxylic acids is 1. The lowest BCUT2D eigenvalue weighted by Crippen LogP contribution is -2.17. The number of nitriles is 1. The van der Waals surface area contributed by atoms with Crippen LogP contribution in [0.3, 0.4) is 0 Å². The first-order valence-electron chi connectivity index (χ1n) is 9.45. The molecule has 1 amide bonds. The predicted molar refractivity (Wildman–Crippen MR) is 115 cm³/mol. The van der Waals surface area contributed by atoms with E-state index in [1.807, 2.05) is 17.5 Å². The van der Waals surface area contributed by atoms with Crippen molar-refractivity contribution in [1.29, 1.82) is 5.26 Å². The van der Waals surface area contributed by atoms with Crippen molar-refractivity contribution < 1.29 is 13.6 Å². The Morgan fingerprint density at radius 2 is 1.97 bits per heavy atom. The van der Waals surface area contributed by atoms with Crippen molar-refractivity contribution in [2.75, 3.05) is 11.1 Å². The van der Waals surface area contributed by atoms with Crippen LogP contribution in [0.1, 0.15) is 29.7 Å². The molecule has 0 saturated carbocycles. The molecule has 152 valence electrons. The molecule has 1 aliphatic carbocycles. The maximum Gasteiger partial charge on any atom is 0.234 e. The van der Waals surface area contributed by atoms with E-state index in [0.717, 1.165) is 71.3 Å². The van der Waals surface area contributed by atoms with E-state index in [1.165, 1.54) is 6.07 Å². The molecule has 0 bridgehead atoms. The van der Waals surface area contributed by atoms with Crippen LogP contribution in [-0.2, 0) is 17.6 Å². The van der Waals surface area contributed by atoms with E-state index < -0.39 is 23.2 Å². The highest BCUT2D eigenvalue weighted by atomic mass is 32.2. The number of anilines is 1. The number of rotatable bonds is 5. The van der Waals surface area contributed by atoms with Crippen molar-refractivity contribution >= 4 is 34.7 Å². The summed E-state index contributed by atoms with van der Waals surface area (Å²) in [5, 5.41) is 14.6. The number of carbonyl (C=O) groups is 1. The van der Waals surface area contributed by atoms with Crippen molar-refractivity contribution in [2.24, 2.45) is 0 Å². The van der Waals surface area contributed by atoms with Crippen LogP contribution in [0.2, 0.25) is 0 Å². The predicted octanol–water partition coefficient (Wildman–Crippen LogP) is 5.57. The maximum absolute atomic E-state index is 13.8. The van der Waals surface area contributed by atoms with E-state index in [-0.39, 0.29) is 5.75 Å². The summed E-state index contributed by atoms with van der Waals surface area (Å²) in [5.74, 6) is -2.35. The molecule has 30 heavy (non-hydrogen) atoms. The molecule has 4 nitrogen and oxygen atoms in total. The van der Waals surface area contributed by atoms with Gasteiger partial charge in [-0.1, -0.05) is 23.9 Å². The van der Waals surface area contributed by atoms with Gasteiger partial charge in [0, 0.05) is 16.1 Å². The average Bonchev–Trinajstić information content (AvgIpc) is 3.28. The van der Waals surface area contributed by atoms with E-state index in [4.69, 9.17) is 0 Å². The van der Waals surface area contributed by atoms with Crippen LogP contribution < -0.4 is 5.32 Å². The molecular weight excluding hydrogens is 424 g/mol. The lowest BCUT2D eigenvalue weighted by molar-refractivity contribution is -0.113. The quantitative estimate of drug-likeness (QED) is 0.526. The molecule has 4 rings (SSSR count). The number of pyridine rings is 1. The summed E-state index contributed by atoms with van der Waals surface area (Å²) in [6.45, 7) is 0. The zero-order valence-corrected chi connectivity index (χ0v) is 17.5. The van der Waals surface area contributed by atoms with Gasteiger partial charge in [-0.3, -0.25) is 4.79 Å². The number of hydrogen-bond acceptors (Lipinski definition) is 5. The summed E-state index contributed by atoms with van der Waals surface area (Å²) in [5.41, 5.74) is 2.96. The number of thiophene rings is 1. The van der Waals surface area contributed by atoms with Gasteiger partial charge in [0.05, 0.1) is 11.3 Å². The first-order valence-corrected chi connectivity index (χ1v) is 11.3. The molecule has 3 aromatic rings. The minimum Gasteiger partial charge on any atom is -0.320 e. The molecular formula is C22H17F2N3OS2. The molecule has 0 saturated heterocycles. The molecule has 0 unspecified atom stereocenters. The van der Waals surface area contributed by atoms with Gasteiger partial charge in [0.25, 0.3) is 0 Å². The highest BCUT2D eigenvalue weighted by Crippen LogP contribution is 2.39. The Hall–Kier alpha value is -2.76. The second kappa shape index (κ2) is 8.94. The first kappa shape index (κ1) is 20.5. The first-order chi connectivity index (χ1) is 14.6. The average molecular weight is 442 g/mol. The van der Waals surface area contributed by atoms with E-state index in [0.29, 0.717) is 10.6 Å². The number of halogens is 2. The van der Waals surface area contributed by atoms with Gasteiger partial charge in [-0.25, -0.2) is 13.8 Å². The Balaban J connectivity index is 1.62. The van der Waals surface area contributed by atoms with Gasteiger partial charge in [0.15, 0.2) is 0 Å². The van der Waals surface area contributed by atoms with Crippen molar-refractivity contribution in [2.45, 2.75) is 30.7 Å². The summed E-state index contributed by atoms with van der Waals surface area (Å²) >= 11 is 2.67. The zero-order valence-electron chi connectivity index (χ0n) is 15.9. The number of benzene rings is 1. The van der Waals surface area contributed by atoms with E-state index >= 15 is 0 Å². The van der Waals surface area contributed by atoms with E-state index in [2.05, 4.69) is 16.4 Å². The lowest BCUT2D eigenvalue weighted by Gasteiger charge is -2.21. The maximum atomic E-state index is 13.8. The van der Waals surface area contributed by atoms with E-state index in [9.17, 15) is 18.8 Å². The Morgan fingerprint density at radius 1 is 1.20 bits per heavy atom. The molecule has 0 atom stereocenters. The molecule has 0 aliphatic heterocycles. The summed E-state index contributed by atoms with van der Waals surface area (Å²) in [4.78, 5) is 18.0. The minimum atomic E-state index is -0.835. The Labute approximate surface area is 181 Å². The topological polar surface area (TPSA) is 65.8 Å². The van der Waals surface area contributed by atoms with Gasteiger partial charge in [0.1, 0.15) is 28.4 Å². The number of hydrogen-bond donors (Lipinski definition) is 1.